The molecular weight excluding hydrogens is 444 g/mol. The Balaban J connectivity index is 1.38. The Hall–Kier alpha value is -2.29. The molecule has 35 heavy (non-hydrogen) atoms. The minimum atomic E-state index is -1.22. The molecule has 0 bridgehead atoms. The molecule has 4 aliphatic rings. The standard InChI is InChI=1S/C28H34N2O5/c1-27-13-23(31)17-11-20-25(32)26(33)22(30(2)3)12-28(20,34)9-8-16(17)19(27)6-5-18(27)15-4-7-21-24(10-15)35-14-29-21/h4-5,7,10-11,14,19,22-23,25-26,31-34H,6,8-9,12-13H2,1-3H3. The fourth-order valence-corrected chi connectivity index (χ4v) is 7.32. The van der Waals surface area contributed by atoms with Crippen LogP contribution in [-0.2, 0) is 0 Å². The van der Waals surface area contributed by atoms with E-state index >= 15 is 0 Å². The third-order valence-electron chi connectivity index (χ3n) is 9.25. The van der Waals surface area contributed by atoms with Gasteiger partial charge < -0.3 is 29.7 Å². The fourth-order valence-electron chi connectivity index (χ4n) is 7.32. The summed E-state index contributed by atoms with van der Waals surface area (Å²) in [6.07, 6.45) is 5.55. The molecule has 186 valence electrons. The van der Waals surface area contributed by atoms with Gasteiger partial charge in [0.2, 0.25) is 0 Å². The van der Waals surface area contributed by atoms with E-state index in [1.807, 2.05) is 37.2 Å². The van der Waals surface area contributed by atoms with Gasteiger partial charge in [-0.05, 0) is 86.5 Å². The van der Waals surface area contributed by atoms with Crippen molar-refractivity contribution in [3.05, 3.63) is 59.0 Å². The number of aromatic nitrogens is 1. The predicted molar refractivity (Wildman–Crippen MR) is 132 cm³/mol. The quantitative estimate of drug-likeness (QED) is 0.525. The normalized spacial score (nSPS) is 39.1. The summed E-state index contributed by atoms with van der Waals surface area (Å²) in [6.45, 7) is 2.23. The van der Waals surface area contributed by atoms with Crippen LogP contribution in [-0.4, -0.2) is 74.4 Å². The van der Waals surface area contributed by atoms with Crippen molar-refractivity contribution in [2.75, 3.05) is 14.1 Å². The molecule has 1 heterocycles. The zero-order valence-electron chi connectivity index (χ0n) is 20.5. The van der Waals surface area contributed by atoms with Crippen LogP contribution in [0.25, 0.3) is 16.7 Å². The minimum absolute atomic E-state index is 0.202. The third-order valence-corrected chi connectivity index (χ3v) is 9.25. The number of likely N-dealkylation sites (N-methyl/N-ethyl adjacent to an activating group) is 1. The number of benzene rings is 1. The van der Waals surface area contributed by atoms with Gasteiger partial charge in [-0.25, -0.2) is 4.98 Å². The van der Waals surface area contributed by atoms with E-state index in [1.54, 1.807) is 0 Å². The van der Waals surface area contributed by atoms with E-state index in [9.17, 15) is 20.4 Å². The second kappa shape index (κ2) is 7.85. The van der Waals surface area contributed by atoms with Crippen LogP contribution in [0, 0.1) is 11.3 Å². The molecule has 7 heteroatoms. The first-order valence-electron chi connectivity index (χ1n) is 12.5. The highest BCUT2D eigenvalue weighted by molar-refractivity contribution is 5.82. The summed E-state index contributed by atoms with van der Waals surface area (Å²) in [4.78, 5) is 6.09. The molecule has 7 nitrogen and oxygen atoms in total. The SMILES string of the molecule is CN(C)C1CC2(O)CCC3=C(C=C2C(O)C1O)C(O)CC1(C)C(c2ccc4ncoc4c2)=CCC31. The van der Waals surface area contributed by atoms with E-state index < -0.39 is 23.9 Å². The Bertz CT molecular complexity index is 1280. The van der Waals surface area contributed by atoms with Crippen LogP contribution in [0.2, 0.25) is 0 Å². The van der Waals surface area contributed by atoms with Gasteiger partial charge in [0.1, 0.15) is 11.6 Å². The molecule has 7 unspecified atom stereocenters. The zero-order chi connectivity index (χ0) is 24.7. The monoisotopic (exact) mass is 478 g/mol. The second-order valence-electron chi connectivity index (χ2n) is 11.4. The number of rotatable bonds is 2. The first-order valence-corrected chi connectivity index (χ1v) is 12.5. The Morgan fingerprint density at radius 1 is 1.14 bits per heavy atom. The van der Waals surface area contributed by atoms with Crippen molar-refractivity contribution in [1.82, 2.24) is 9.88 Å². The second-order valence-corrected chi connectivity index (χ2v) is 11.4. The van der Waals surface area contributed by atoms with Gasteiger partial charge in [-0.3, -0.25) is 0 Å². The van der Waals surface area contributed by atoms with Crippen molar-refractivity contribution in [2.45, 2.75) is 69.0 Å². The van der Waals surface area contributed by atoms with Crippen molar-refractivity contribution in [2.24, 2.45) is 11.3 Å². The van der Waals surface area contributed by atoms with Crippen LogP contribution < -0.4 is 0 Å². The van der Waals surface area contributed by atoms with Gasteiger partial charge in [-0.1, -0.05) is 30.7 Å². The summed E-state index contributed by atoms with van der Waals surface area (Å²) >= 11 is 0. The molecule has 1 saturated carbocycles. The maximum Gasteiger partial charge on any atom is 0.181 e. The van der Waals surface area contributed by atoms with Gasteiger partial charge in [0, 0.05) is 11.5 Å². The maximum absolute atomic E-state index is 11.7. The number of hydrogen-bond donors (Lipinski definition) is 4. The predicted octanol–water partition coefficient (Wildman–Crippen LogP) is 2.81. The van der Waals surface area contributed by atoms with Gasteiger partial charge in [0.05, 0.1) is 17.8 Å². The summed E-state index contributed by atoms with van der Waals surface area (Å²) in [5.41, 5.74) is 4.82. The van der Waals surface area contributed by atoms with Crippen molar-refractivity contribution in [3.63, 3.8) is 0 Å². The number of allylic oxidation sites excluding steroid dienone is 3. The Morgan fingerprint density at radius 2 is 1.94 bits per heavy atom. The first-order chi connectivity index (χ1) is 16.6. The van der Waals surface area contributed by atoms with Crippen molar-refractivity contribution in [1.29, 1.82) is 0 Å². The lowest BCUT2D eigenvalue weighted by Gasteiger charge is -2.46. The molecule has 1 aromatic carbocycles. The van der Waals surface area contributed by atoms with Crippen LogP contribution in [0.4, 0.5) is 0 Å². The number of hydrogen-bond acceptors (Lipinski definition) is 7. The number of fused-ring (bicyclic) bond motifs is 4. The van der Waals surface area contributed by atoms with E-state index in [-0.39, 0.29) is 17.4 Å². The summed E-state index contributed by atoms with van der Waals surface area (Å²) in [5, 5.41) is 44.9. The first kappa shape index (κ1) is 23.1. The lowest BCUT2D eigenvalue weighted by molar-refractivity contribution is -0.0922. The van der Waals surface area contributed by atoms with Crippen LogP contribution in [0.15, 0.2) is 57.9 Å². The highest BCUT2D eigenvalue weighted by Crippen LogP contribution is 2.60. The minimum Gasteiger partial charge on any atom is -0.443 e. The number of oxazole rings is 1. The van der Waals surface area contributed by atoms with Crippen molar-refractivity contribution in [3.8, 4) is 0 Å². The van der Waals surface area contributed by atoms with E-state index in [4.69, 9.17) is 4.42 Å². The van der Waals surface area contributed by atoms with Crippen LogP contribution in [0.1, 0.15) is 44.6 Å². The van der Waals surface area contributed by atoms with Gasteiger partial charge in [-0.2, -0.15) is 0 Å². The highest BCUT2D eigenvalue weighted by Gasteiger charge is 2.53. The number of aliphatic hydroxyl groups is 4. The topological polar surface area (TPSA) is 110 Å². The van der Waals surface area contributed by atoms with Gasteiger partial charge in [0.25, 0.3) is 0 Å². The molecule has 4 aliphatic carbocycles. The largest absolute Gasteiger partial charge is 0.443 e. The van der Waals surface area contributed by atoms with E-state index in [1.165, 1.54) is 12.0 Å². The molecule has 0 aliphatic heterocycles. The molecule has 0 amide bonds. The molecule has 0 saturated heterocycles. The lowest BCUT2D eigenvalue weighted by Crippen LogP contribution is -2.58. The highest BCUT2D eigenvalue weighted by atomic mass is 16.3. The summed E-state index contributed by atoms with van der Waals surface area (Å²) < 4.78 is 5.54. The van der Waals surface area contributed by atoms with Crippen molar-refractivity contribution < 1.29 is 24.8 Å². The molecule has 6 rings (SSSR count). The van der Waals surface area contributed by atoms with Crippen molar-refractivity contribution >= 4 is 16.7 Å². The van der Waals surface area contributed by atoms with Gasteiger partial charge >= 0.3 is 0 Å². The van der Waals surface area contributed by atoms with E-state index in [0.29, 0.717) is 31.3 Å². The summed E-state index contributed by atoms with van der Waals surface area (Å²) in [5.74, 6) is 0.202. The molecular formula is C28H34N2O5. The van der Waals surface area contributed by atoms with Crippen LogP contribution >= 0.6 is 0 Å². The average molecular weight is 479 g/mol. The molecule has 7 atom stereocenters. The van der Waals surface area contributed by atoms with Crippen LogP contribution in [0.3, 0.4) is 0 Å². The molecule has 4 N–H and O–H groups in total. The molecule has 0 spiro atoms. The maximum atomic E-state index is 11.7. The molecule has 1 aromatic heterocycles. The average Bonchev–Trinajstić information content (AvgIpc) is 3.37. The Labute approximate surface area is 205 Å². The summed E-state index contributed by atoms with van der Waals surface area (Å²) in [6, 6.07) is 5.73. The Morgan fingerprint density at radius 3 is 2.71 bits per heavy atom. The smallest absolute Gasteiger partial charge is 0.181 e. The molecule has 2 aromatic rings. The van der Waals surface area contributed by atoms with E-state index in [0.717, 1.165) is 34.2 Å². The zero-order valence-corrected chi connectivity index (χ0v) is 20.5. The summed E-state index contributed by atoms with van der Waals surface area (Å²) in [7, 11) is 3.71. The van der Waals surface area contributed by atoms with Gasteiger partial charge in [0.15, 0.2) is 12.0 Å². The Kier molecular flexibility index (Phi) is 5.19. The van der Waals surface area contributed by atoms with Crippen LogP contribution in [0.5, 0.6) is 0 Å². The number of aliphatic hydroxyl groups excluding tert-OH is 3. The van der Waals surface area contributed by atoms with E-state index in [2.05, 4.69) is 24.1 Å². The lowest BCUT2D eigenvalue weighted by atomic mass is 9.61. The molecule has 1 fully saturated rings. The number of nitrogens with zero attached hydrogens (tertiary/aromatic N) is 2. The molecule has 0 radical (unpaired) electrons. The van der Waals surface area contributed by atoms with Gasteiger partial charge in [-0.15, -0.1) is 0 Å². The fraction of sp³-hybridized carbons (Fsp3) is 0.536. The third kappa shape index (κ3) is 3.33.